The van der Waals surface area contributed by atoms with E-state index in [1.165, 1.54) is 0 Å². The van der Waals surface area contributed by atoms with E-state index in [2.05, 4.69) is 9.97 Å². The zero-order valence-corrected chi connectivity index (χ0v) is 8.17. The molecule has 15 heavy (non-hydrogen) atoms. The second-order valence-electron chi connectivity index (χ2n) is 3.74. The maximum atomic E-state index is 13.1. The van der Waals surface area contributed by atoms with Gasteiger partial charge in [-0.3, -0.25) is 0 Å². The Morgan fingerprint density at radius 2 is 2.07 bits per heavy atom. The van der Waals surface area contributed by atoms with Crippen LogP contribution in [0.4, 0.5) is 10.2 Å². The van der Waals surface area contributed by atoms with Crippen LogP contribution in [0.1, 0.15) is 6.42 Å². The molecule has 0 spiro atoms. The number of anilines is 1. The van der Waals surface area contributed by atoms with Crippen LogP contribution < -0.4 is 4.90 Å². The van der Waals surface area contributed by atoms with Gasteiger partial charge in [0.15, 0.2) is 11.5 Å². The Morgan fingerprint density at radius 3 is 2.80 bits per heavy atom. The third-order valence-electron chi connectivity index (χ3n) is 2.72. The van der Waals surface area contributed by atoms with Gasteiger partial charge in [0.2, 0.25) is 0 Å². The lowest BCUT2D eigenvalue weighted by Crippen LogP contribution is -2.21. The lowest BCUT2D eigenvalue weighted by Gasteiger charge is -2.16. The summed E-state index contributed by atoms with van der Waals surface area (Å²) in [7, 11) is 0. The molecule has 5 heteroatoms. The van der Waals surface area contributed by atoms with Crippen LogP contribution in [0.2, 0.25) is 0 Å². The van der Waals surface area contributed by atoms with E-state index in [1.807, 2.05) is 21.7 Å². The van der Waals surface area contributed by atoms with Crippen molar-refractivity contribution >= 4 is 11.5 Å². The molecule has 78 valence electrons. The Labute approximate surface area is 86.4 Å². The maximum absolute atomic E-state index is 13.1. The van der Waals surface area contributed by atoms with Gasteiger partial charge in [0.25, 0.3) is 0 Å². The summed E-state index contributed by atoms with van der Waals surface area (Å²) in [5.74, 6) is 0.780. The first-order valence-corrected chi connectivity index (χ1v) is 5.01. The molecular weight excluding hydrogens is 195 g/mol. The minimum absolute atomic E-state index is 0.430. The lowest BCUT2D eigenvalue weighted by molar-refractivity contribution is 0.364. The van der Waals surface area contributed by atoms with E-state index in [1.54, 1.807) is 12.4 Å². The number of hydrogen-bond acceptors (Lipinski definition) is 3. The monoisotopic (exact) mass is 206 g/mol. The number of aromatic nitrogens is 3. The smallest absolute Gasteiger partial charge is 0.180 e. The lowest BCUT2D eigenvalue weighted by atomic mass is 10.3. The summed E-state index contributed by atoms with van der Waals surface area (Å²) in [4.78, 5) is 10.4. The van der Waals surface area contributed by atoms with Gasteiger partial charge < -0.3 is 9.30 Å². The zero-order valence-electron chi connectivity index (χ0n) is 8.17. The molecule has 0 N–H and O–H groups in total. The molecule has 1 atom stereocenters. The van der Waals surface area contributed by atoms with E-state index in [-0.39, 0.29) is 0 Å². The number of hydrogen-bond donors (Lipinski definition) is 0. The fourth-order valence-electron chi connectivity index (χ4n) is 1.97. The topological polar surface area (TPSA) is 33.4 Å². The van der Waals surface area contributed by atoms with Gasteiger partial charge >= 0.3 is 0 Å². The highest BCUT2D eigenvalue weighted by molar-refractivity contribution is 5.64. The number of imidazole rings is 1. The zero-order chi connectivity index (χ0) is 10.3. The number of alkyl halides is 1. The number of fused-ring (bicyclic) bond motifs is 1. The molecule has 0 radical (unpaired) electrons. The van der Waals surface area contributed by atoms with Gasteiger partial charge in [-0.15, -0.1) is 0 Å². The number of halogens is 1. The van der Waals surface area contributed by atoms with Gasteiger partial charge in [0, 0.05) is 31.3 Å². The van der Waals surface area contributed by atoms with Crippen molar-refractivity contribution in [2.45, 2.75) is 12.6 Å². The van der Waals surface area contributed by atoms with Crippen LogP contribution in [0.3, 0.4) is 0 Å². The Morgan fingerprint density at radius 1 is 1.27 bits per heavy atom. The van der Waals surface area contributed by atoms with Crippen LogP contribution in [0.25, 0.3) is 5.65 Å². The van der Waals surface area contributed by atoms with E-state index in [4.69, 9.17) is 0 Å². The highest BCUT2D eigenvalue weighted by Gasteiger charge is 2.24. The van der Waals surface area contributed by atoms with Crippen molar-refractivity contribution < 1.29 is 4.39 Å². The fraction of sp³-hybridized carbons (Fsp3) is 0.400. The molecule has 1 fully saturated rings. The van der Waals surface area contributed by atoms with Crippen LogP contribution in [0.5, 0.6) is 0 Å². The SMILES string of the molecule is FC1CCN(c2nccn3ccnc23)C1. The summed E-state index contributed by atoms with van der Waals surface area (Å²) in [6.45, 7) is 1.15. The molecule has 1 aliphatic heterocycles. The predicted octanol–water partition coefficient (Wildman–Crippen LogP) is 1.28. The first-order chi connectivity index (χ1) is 7.34. The molecule has 0 aromatic carbocycles. The van der Waals surface area contributed by atoms with E-state index in [0.29, 0.717) is 13.0 Å². The molecule has 0 aliphatic carbocycles. The normalized spacial score (nSPS) is 21.4. The second kappa shape index (κ2) is 3.18. The average molecular weight is 206 g/mol. The highest BCUT2D eigenvalue weighted by atomic mass is 19.1. The van der Waals surface area contributed by atoms with Crippen molar-refractivity contribution in [2.24, 2.45) is 0 Å². The molecule has 1 saturated heterocycles. The summed E-state index contributed by atoms with van der Waals surface area (Å²) in [6.07, 6.45) is 7.00. The number of rotatable bonds is 1. The van der Waals surface area contributed by atoms with Gasteiger partial charge in [-0.05, 0) is 6.42 Å². The first kappa shape index (κ1) is 8.64. The van der Waals surface area contributed by atoms with E-state index in [9.17, 15) is 4.39 Å². The van der Waals surface area contributed by atoms with Gasteiger partial charge in [-0.1, -0.05) is 0 Å². The maximum Gasteiger partial charge on any atom is 0.180 e. The highest BCUT2D eigenvalue weighted by Crippen LogP contribution is 2.22. The van der Waals surface area contributed by atoms with Crippen LogP contribution in [-0.4, -0.2) is 33.6 Å². The Bertz CT molecular complexity index is 481. The summed E-state index contributed by atoms with van der Waals surface area (Å²) in [5.41, 5.74) is 0.798. The molecule has 0 saturated carbocycles. The van der Waals surface area contributed by atoms with Crippen LogP contribution in [-0.2, 0) is 0 Å². The average Bonchev–Trinajstić information content (AvgIpc) is 2.84. The Kier molecular flexibility index (Phi) is 1.83. The predicted molar refractivity (Wildman–Crippen MR) is 54.7 cm³/mol. The van der Waals surface area contributed by atoms with E-state index < -0.39 is 6.17 Å². The van der Waals surface area contributed by atoms with Crippen molar-refractivity contribution in [2.75, 3.05) is 18.0 Å². The van der Waals surface area contributed by atoms with Crippen molar-refractivity contribution in [3.05, 3.63) is 24.8 Å². The molecular formula is C10H11FN4. The molecule has 3 heterocycles. The summed E-state index contributed by atoms with van der Waals surface area (Å²) >= 11 is 0. The van der Waals surface area contributed by atoms with Crippen molar-refractivity contribution in [1.82, 2.24) is 14.4 Å². The second-order valence-corrected chi connectivity index (χ2v) is 3.74. The van der Waals surface area contributed by atoms with Gasteiger partial charge in [-0.25, -0.2) is 14.4 Å². The summed E-state index contributed by atoms with van der Waals surface area (Å²) < 4.78 is 15.0. The van der Waals surface area contributed by atoms with Crippen molar-refractivity contribution in [3.8, 4) is 0 Å². The quantitative estimate of drug-likeness (QED) is 0.704. The Balaban J connectivity index is 2.06. The largest absolute Gasteiger partial charge is 0.351 e. The van der Waals surface area contributed by atoms with Crippen molar-refractivity contribution in [1.29, 1.82) is 0 Å². The van der Waals surface area contributed by atoms with Crippen molar-refractivity contribution in [3.63, 3.8) is 0 Å². The third kappa shape index (κ3) is 1.35. The molecule has 2 aromatic rings. The number of nitrogens with zero attached hydrogens (tertiary/aromatic N) is 4. The van der Waals surface area contributed by atoms with E-state index in [0.717, 1.165) is 18.0 Å². The molecule has 4 nitrogen and oxygen atoms in total. The van der Waals surface area contributed by atoms with E-state index >= 15 is 0 Å². The first-order valence-electron chi connectivity index (χ1n) is 5.01. The molecule has 3 rings (SSSR count). The van der Waals surface area contributed by atoms with Crippen LogP contribution in [0.15, 0.2) is 24.8 Å². The minimum Gasteiger partial charge on any atom is -0.351 e. The molecule has 2 aromatic heterocycles. The molecule has 1 aliphatic rings. The Hall–Kier alpha value is -1.65. The fourth-order valence-corrected chi connectivity index (χ4v) is 1.97. The molecule has 0 amide bonds. The molecule has 0 bridgehead atoms. The van der Waals surface area contributed by atoms with Gasteiger partial charge in [0.05, 0.1) is 6.54 Å². The molecule has 1 unspecified atom stereocenters. The van der Waals surface area contributed by atoms with Gasteiger partial charge in [-0.2, -0.15) is 0 Å². The summed E-state index contributed by atoms with van der Waals surface area (Å²) in [5, 5.41) is 0. The summed E-state index contributed by atoms with van der Waals surface area (Å²) in [6, 6.07) is 0. The standard InChI is InChI=1S/C10H11FN4/c11-8-1-4-15(7-8)10-9-12-2-5-14(9)6-3-13-10/h2-3,5-6,8H,1,4,7H2. The van der Waals surface area contributed by atoms with Crippen LogP contribution in [0, 0.1) is 0 Å². The van der Waals surface area contributed by atoms with Gasteiger partial charge in [0.1, 0.15) is 6.17 Å². The third-order valence-corrected chi connectivity index (χ3v) is 2.72. The van der Waals surface area contributed by atoms with Crippen LogP contribution >= 0.6 is 0 Å². The minimum atomic E-state index is -0.734.